The van der Waals surface area contributed by atoms with Crippen LogP contribution in [0.4, 0.5) is 0 Å². The minimum Gasteiger partial charge on any atom is -0.507 e. The van der Waals surface area contributed by atoms with Crippen LogP contribution in [0, 0.1) is 0 Å². The summed E-state index contributed by atoms with van der Waals surface area (Å²) in [4.78, 5) is 13.2. The first-order valence-corrected chi connectivity index (χ1v) is 13.3. The first-order chi connectivity index (χ1) is 20.5. The van der Waals surface area contributed by atoms with Crippen LogP contribution in [0.1, 0.15) is 0 Å². The Hall–Kier alpha value is -3.35. The predicted molar refractivity (Wildman–Crippen MR) is 143 cm³/mol. The smallest absolute Gasteiger partial charge is 0.229 e. The second-order valence-electron chi connectivity index (χ2n) is 10.2. The van der Waals surface area contributed by atoms with E-state index in [9.17, 15) is 45.6 Å². The molecule has 8 N–H and O–H groups in total. The molecule has 1 aromatic heterocycles. The molecular weight excluding hydrogens is 576 g/mol. The van der Waals surface area contributed by atoms with E-state index in [1.807, 2.05) is 0 Å². The van der Waals surface area contributed by atoms with Gasteiger partial charge in [-0.1, -0.05) is 12.1 Å². The van der Waals surface area contributed by atoms with Gasteiger partial charge in [0.05, 0.1) is 25.9 Å². The highest BCUT2D eigenvalue weighted by Crippen LogP contribution is 2.33. The molecule has 2 aromatic carbocycles. The van der Waals surface area contributed by atoms with Crippen LogP contribution in [0.2, 0.25) is 0 Å². The maximum Gasteiger partial charge on any atom is 0.229 e. The topological polar surface area (TPSA) is 238 Å². The van der Waals surface area contributed by atoms with Crippen molar-refractivity contribution >= 4 is 11.0 Å². The molecule has 2 aliphatic heterocycles. The molecule has 0 unspecified atom stereocenters. The second kappa shape index (κ2) is 12.7. The van der Waals surface area contributed by atoms with E-state index in [0.29, 0.717) is 11.3 Å². The number of fused-ring (bicyclic) bond motifs is 1. The second-order valence-corrected chi connectivity index (χ2v) is 10.2. The highest BCUT2D eigenvalue weighted by molar-refractivity contribution is 5.88. The van der Waals surface area contributed by atoms with E-state index in [1.54, 1.807) is 24.3 Å². The van der Waals surface area contributed by atoms with Crippen molar-refractivity contribution in [2.75, 3.05) is 20.3 Å². The largest absolute Gasteiger partial charge is 0.507 e. The average molecular weight is 609 g/mol. The molecule has 10 atom stereocenters. The number of aliphatic hydroxyl groups excluding tert-OH is 7. The Morgan fingerprint density at radius 2 is 1.42 bits per heavy atom. The number of hydrogen-bond acceptors (Lipinski definition) is 15. The summed E-state index contributed by atoms with van der Waals surface area (Å²) >= 11 is 0. The van der Waals surface area contributed by atoms with Crippen LogP contribution in [0.5, 0.6) is 17.2 Å². The normalized spacial score (nSPS) is 32.9. The summed E-state index contributed by atoms with van der Waals surface area (Å²) in [6, 6.07) is 9.00. The number of aliphatic hydroxyl groups is 7. The van der Waals surface area contributed by atoms with E-state index in [-0.39, 0.29) is 22.3 Å². The van der Waals surface area contributed by atoms with Crippen molar-refractivity contribution in [2.24, 2.45) is 0 Å². The van der Waals surface area contributed by atoms with Gasteiger partial charge in [0.15, 0.2) is 6.29 Å². The number of hydrogen-bond donors (Lipinski definition) is 8. The van der Waals surface area contributed by atoms with Crippen LogP contribution in [-0.4, -0.2) is 123 Å². The molecule has 3 heterocycles. The molecular formula is C28H32O15. The van der Waals surface area contributed by atoms with Gasteiger partial charge in [-0.2, -0.15) is 0 Å². The van der Waals surface area contributed by atoms with Crippen molar-refractivity contribution in [2.45, 2.75) is 61.4 Å². The molecule has 15 nitrogen and oxygen atoms in total. The molecule has 0 radical (unpaired) electrons. The zero-order chi connectivity index (χ0) is 31.0. The lowest BCUT2D eigenvalue weighted by molar-refractivity contribution is -0.323. The Kier molecular flexibility index (Phi) is 9.19. The van der Waals surface area contributed by atoms with E-state index in [4.69, 9.17) is 28.1 Å². The molecule has 2 saturated heterocycles. The van der Waals surface area contributed by atoms with Crippen molar-refractivity contribution < 1.29 is 69.0 Å². The summed E-state index contributed by atoms with van der Waals surface area (Å²) in [7, 11) is 1.51. The van der Waals surface area contributed by atoms with E-state index in [0.717, 1.165) is 6.07 Å². The Bertz CT molecular complexity index is 1460. The average Bonchev–Trinajstić information content (AvgIpc) is 3.00. The lowest BCUT2D eigenvalue weighted by atomic mass is 9.98. The van der Waals surface area contributed by atoms with E-state index in [1.165, 1.54) is 19.4 Å². The van der Waals surface area contributed by atoms with Gasteiger partial charge in [-0.15, -0.1) is 0 Å². The van der Waals surface area contributed by atoms with Crippen LogP contribution >= 0.6 is 0 Å². The Morgan fingerprint density at radius 3 is 2.07 bits per heavy atom. The third-order valence-electron chi connectivity index (χ3n) is 7.43. The fourth-order valence-electron chi connectivity index (χ4n) is 4.93. The summed E-state index contributed by atoms with van der Waals surface area (Å²) in [6.45, 7) is -1.24. The standard InChI is InChI=1S/C28H32O15/c1-38-12-4-2-11(3-5-12)14-9-39-16-7-13(6-15(30)19(16)20(14)31)41-28-26(37)24(35)22(33)18(43-28)10-40-27-25(36)23(34)21(32)17(8-29)42-27/h2-7,9,17-18,21-30,32-37H,8,10H2,1H3/t17-,18+,21+,22+,23-,24-,25+,26+,27+,28+/m0/s1. The number of rotatable bonds is 8. The Labute approximate surface area is 243 Å². The summed E-state index contributed by atoms with van der Waals surface area (Å²) < 4.78 is 32.6. The van der Waals surface area contributed by atoms with Crippen LogP contribution in [0.15, 0.2) is 51.9 Å². The maximum absolute atomic E-state index is 13.2. The van der Waals surface area contributed by atoms with Gasteiger partial charge in [-0.05, 0) is 17.7 Å². The quantitative estimate of drug-likeness (QED) is 0.140. The molecule has 2 fully saturated rings. The summed E-state index contributed by atoms with van der Waals surface area (Å²) in [5, 5.41) is 81.3. The molecule has 0 amide bonds. The van der Waals surface area contributed by atoms with Crippen molar-refractivity contribution in [3.05, 3.63) is 52.9 Å². The molecule has 0 aliphatic carbocycles. The highest BCUT2D eigenvalue weighted by atomic mass is 16.7. The fraction of sp³-hybridized carbons (Fsp3) is 0.464. The van der Waals surface area contributed by atoms with Crippen LogP contribution < -0.4 is 14.9 Å². The van der Waals surface area contributed by atoms with Gasteiger partial charge in [-0.25, -0.2) is 0 Å². The van der Waals surface area contributed by atoms with E-state index < -0.39 is 85.8 Å². The number of ether oxygens (including phenoxy) is 5. The predicted octanol–water partition coefficient (Wildman–Crippen LogP) is -1.82. The van der Waals surface area contributed by atoms with Gasteiger partial charge < -0.3 is 69.0 Å². The van der Waals surface area contributed by atoms with Crippen molar-refractivity contribution in [3.63, 3.8) is 0 Å². The summed E-state index contributed by atoms with van der Waals surface area (Å²) in [5.74, 6) is -0.0254. The SMILES string of the molecule is COc1ccc(-c2coc3cc(O[C@@H]4O[C@H](CO[C@@H]5O[C@@H](CO)[C@@H](O)[C@H](O)[C@H]5O)[C@@H](O)[C@H](O)[C@H]4O)cc(O)c3c2=O)cc1. The third kappa shape index (κ3) is 6.05. The molecule has 15 heteroatoms. The zero-order valence-electron chi connectivity index (χ0n) is 22.7. The molecule has 43 heavy (non-hydrogen) atoms. The summed E-state index contributed by atoms with van der Waals surface area (Å²) in [5.41, 5.74) is 0.142. The van der Waals surface area contributed by atoms with Gasteiger partial charge in [-0.3, -0.25) is 4.79 Å². The zero-order valence-corrected chi connectivity index (χ0v) is 22.7. The highest BCUT2D eigenvalue weighted by Gasteiger charge is 2.48. The fourth-order valence-corrected chi connectivity index (χ4v) is 4.93. The molecule has 234 valence electrons. The number of phenolic OH excluding ortho intramolecular Hbond substituents is 1. The molecule has 5 rings (SSSR count). The van der Waals surface area contributed by atoms with E-state index >= 15 is 0 Å². The lowest BCUT2D eigenvalue weighted by Gasteiger charge is -2.42. The Morgan fingerprint density at radius 1 is 0.791 bits per heavy atom. The number of methoxy groups -OCH3 is 1. The van der Waals surface area contributed by atoms with Gasteiger partial charge in [0.2, 0.25) is 11.7 Å². The van der Waals surface area contributed by atoms with Gasteiger partial charge in [0.1, 0.15) is 83.3 Å². The number of aromatic hydroxyl groups is 1. The molecule has 2 aliphatic rings. The molecule has 3 aromatic rings. The van der Waals surface area contributed by atoms with Crippen LogP contribution in [0.3, 0.4) is 0 Å². The summed E-state index contributed by atoms with van der Waals surface area (Å²) in [6.07, 6.45) is -14.8. The lowest BCUT2D eigenvalue weighted by Crippen LogP contribution is -2.62. The van der Waals surface area contributed by atoms with Gasteiger partial charge >= 0.3 is 0 Å². The van der Waals surface area contributed by atoms with E-state index in [2.05, 4.69) is 0 Å². The van der Waals surface area contributed by atoms with Gasteiger partial charge in [0.25, 0.3) is 0 Å². The molecule has 0 bridgehead atoms. The van der Waals surface area contributed by atoms with Crippen molar-refractivity contribution in [1.82, 2.24) is 0 Å². The third-order valence-corrected chi connectivity index (χ3v) is 7.43. The first-order valence-electron chi connectivity index (χ1n) is 13.3. The van der Waals surface area contributed by atoms with Gasteiger partial charge in [0, 0.05) is 12.1 Å². The van der Waals surface area contributed by atoms with Crippen molar-refractivity contribution in [1.29, 1.82) is 0 Å². The molecule has 0 spiro atoms. The molecule has 0 saturated carbocycles. The maximum atomic E-state index is 13.2. The number of phenols is 1. The van der Waals surface area contributed by atoms with Crippen molar-refractivity contribution in [3.8, 4) is 28.4 Å². The first kappa shape index (κ1) is 31.1. The van der Waals surface area contributed by atoms with Crippen LogP contribution in [0.25, 0.3) is 22.1 Å². The van der Waals surface area contributed by atoms with Crippen LogP contribution in [-0.2, 0) is 14.2 Å². The number of benzene rings is 2. The monoisotopic (exact) mass is 608 g/mol. The minimum absolute atomic E-state index is 0.0503. The Balaban J connectivity index is 1.32. The minimum atomic E-state index is -1.79.